The fourth-order valence-corrected chi connectivity index (χ4v) is 2.87. The van der Waals surface area contributed by atoms with Crippen LogP contribution in [0, 0.1) is 6.92 Å². The first kappa shape index (κ1) is 18.0. The van der Waals surface area contributed by atoms with Crippen LogP contribution in [-0.4, -0.2) is 23.3 Å². The first-order valence-corrected chi connectivity index (χ1v) is 8.62. The third kappa shape index (κ3) is 3.44. The molecule has 0 atom stereocenters. The van der Waals surface area contributed by atoms with E-state index in [9.17, 15) is 9.90 Å². The first-order valence-electron chi connectivity index (χ1n) is 8.24. The number of aryl methyl sites for hydroxylation is 1. The summed E-state index contributed by atoms with van der Waals surface area (Å²) in [4.78, 5) is 12.8. The Hall–Kier alpha value is -2.79. The molecule has 134 valence electrons. The van der Waals surface area contributed by atoms with Crippen LogP contribution in [0.25, 0.3) is 6.08 Å². The maximum atomic E-state index is 12.8. The van der Waals surface area contributed by atoms with Crippen molar-refractivity contribution in [1.29, 1.82) is 0 Å². The molecule has 2 aromatic carbocycles. The lowest BCUT2D eigenvalue weighted by Crippen LogP contribution is -2.21. The third-order valence-corrected chi connectivity index (χ3v) is 4.29. The summed E-state index contributed by atoms with van der Waals surface area (Å²) in [6.07, 6.45) is 1.70. The molecule has 6 heteroatoms. The second kappa shape index (κ2) is 7.22. The number of aromatic hydroxyl groups is 1. The zero-order chi connectivity index (χ0) is 18.8. The van der Waals surface area contributed by atoms with Gasteiger partial charge in [-0.3, -0.25) is 4.79 Å². The number of benzene rings is 2. The Morgan fingerprint density at radius 3 is 2.58 bits per heavy atom. The number of carbonyl (C=O) groups excluding carboxylic acids is 1. The summed E-state index contributed by atoms with van der Waals surface area (Å²) in [6.45, 7) is 5.98. The van der Waals surface area contributed by atoms with E-state index >= 15 is 0 Å². The molecule has 0 radical (unpaired) electrons. The second-order valence-corrected chi connectivity index (χ2v) is 6.39. The third-order valence-electron chi connectivity index (χ3n) is 4.00. The molecule has 26 heavy (non-hydrogen) atoms. The Bertz CT molecular complexity index is 917. The van der Waals surface area contributed by atoms with Crippen LogP contribution in [0.3, 0.4) is 0 Å². The Morgan fingerprint density at radius 1 is 1.23 bits per heavy atom. The van der Waals surface area contributed by atoms with E-state index in [2.05, 4.69) is 5.10 Å². The molecule has 0 aromatic heterocycles. The summed E-state index contributed by atoms with van der Waals surface area (Å²) in [5.41, 5.74) is 3.55. The van der Waals surface area contributed by atoms with Gasteiger partial charge in [-0.15, -0.1) is 0 Å². The van der Waals surface area contributed by atoms with Crippen molar-refractivity contribution in [3.8, 4) is 11.5 Å². The molecule has 5 nitrogen and oxygen atoms in total. The Labute approximate surface area is 157 Å². The second-order valence-electron chi connectivity index (χ2n) is 5.98. The molecule has 0 fully saturated rings. The molecule has 0 spiro atoms. The summed E-state index contributed by atoms with van der Waals surface area (Å²) in [5, 5.41) is 15.9. The Kier molecular flexibility index (Phi) is 5.00. The molecule has 2 aromatic rings. The van der Waals surface area contributed by atoms with Gasteiger partial charge in [0, 0.05) is 0 Å². The normalized spacial score (nSPS) is 15.5. The molecular weight excluding hydrogens is 352 g/mol. The van der Waals surface area contributed by atoms with Crippen molar-refractivity contribution >= 4 is 35.0 Å². The van der Waals surface area contributed by atoms with Crippen LogP contribution >= 0.6 is 11.6 Å². The Balaban J connectivity index is 1.96. The molecule has 1 aliphatic heterocycles. The molecule has 0 saturated carbocycles. The van der Waals surface area contributed by atoms with Gasteiger partial charge < -0.3 is 9.84 Å². The number of carbonyl (C=O) groups is 1. The number of hydrogen-bond acceptors (Lipinski definition) is 4. The van der Waals surface area contributed by atoms with Gasteiger partial charge in [-0.25, -0.2) is 0 Å². The average Bonchev–Trinajstić information content (AvgIpc) is 2.88. The van der Waals surface area contributed by atoms with Crippen LogP contribution in [0.5, 0.6) is 11.5 Å². The summed E-state index contributed by atoms with van der Waals surface area (Å²) >= 11 is 6.07. The maximum absolute atomic E-state index is 12.8. The fraction of sp³-hybridized carbons (Fsp3) is 0.200. The molecular formula is C20H19ClN2O3. The number of hydrogen-bond donors (Lipinski definition) is 1. The van der Waals surface area contributed by atoms with Crippen molar-refractivity contribution in [2.24, 2.45) is 5.10 Å². The summed E-state index contributed by atoms with van der Waals surface area (Å²) in [6, 6.07) is 10.8. The molecule has 3 rings (SSSR count). The van der Waals surface area contributed by atoms with E-state index < -0.39 is 0 Å². The largest absolute Gasteiger partial charge is 0.503 e. The van der Waals surface area contributed by atoms with Crippen molar-refractivity contribution < 1.29 is 14.6 Å². The number of anilines is 1. The number of halogens is 1. The van der Waals surface area contributed by atoms with Crippen LogP contribution in [0.2, 0.25) is 5.02 Å². The number of nitrogens with zero attached hydrogens (tertiary/aromatic N) is 2. The lowest BCUT2D eigenvalue weighted by molar-refractivity contribution is -0.114. The van der Waals surface area contributed by atoms with Gasteiger partial charge >= 0.3 is 0 Å². The summed E-state index contributed by atoms with van der Waals surface area (Å²) in [5.74, 6) is -0.0455. The molecule has 1 amide bonds. The molecule has 0 aliphatic carbocycles. The standard InChI is InChI=1S/C20H19ClN2O3/c1-4-26-18-11-14(10-17(21)19(18)24)9-16-13(3)22-23(20(16)25)15-7-5-12(2)6-8-15/h5-11,24H,4H2,1-3H3/b16-9+. The van der Waals surface area contributed by atoms with E-state index in [0.717, 1.165) is 5.56 Å². The van der Waals surface area contributed by atoms with Gasteiger partial charge in [0.05, 0.1) is 28.6 Å². The van der Waals surface area contributed by atoms with E-state index in [1.54, 1.807) is 25.1 Å². The molecule has 0 bridgehead atoms. The van der Waals surface area contributed by atoms with Gasteiger partial charge in [-0.1, -0.05) is 29.3 Å². The number of hydrazone groups is 1. The molecule has 1 aliphatic rings. The van der Waals surface area contributed by atoms with Gasteiger partial charge in [0.15, 0.2) is 11.5 Å². The highest BCUT2D eigenvalue weighted by Crippen LogP contribution is 2.36. The molecule has 1 heterocycles. The Morgan fingerprint density at radius 2 is 1.92 bits per heavy atom. The van der Waals surface area contributed by atoms with E-state index in [-0.39, 0.29) is 22.4 Å². The van der Waals surface area contributed by atoms with E-state index in [1.165, 1.54) is 5.01 Å². The zero-order valence-electron chi connectivity index (χ0n) is 14.8. The van der Waals surface area contributed by atoms with Crippen molar-refractivity contribution in [1.82, 2.24) is 0 Å². The SMILES string of the molecule is CCOc1cc(/C=C2/C(=O)N(c3ccc(C)cc3)N=C2C)cc(Cl)c1O. The number of phenolic OH excluding ortho intramolecular Hbond substituents is 1. The van der Waals surface area contributed by atoms with E-state index in [0.29, 0.717) is 29.1 Å². The van der Waals surface area contributed by atoms with Crippen LogP contribution in [0.15, 0.2) is 47.1 Å². The number of ether oxygens (including phenoxy) is 1. The lowest BCUT2D eigenvalue weighted by Gasteiger charge is -2.12. The van der Waals surface area contributed by atoms with Gasteiger partial charge in [0.2, 0.25) is 0 Å². The highest BCUT2D eigenvalue weighted by molar-refractivity contribution is 6.33. The van der Waals surface area contributed by atoms with Crippen molar-refractivity contribution in [3.63, 3.8) is 0 Å². The van der Waals surface area contributed by atoms with Crippen molar-refractivity contribution in [2.75, 3.05) is 11.6 Å². The highest BCUT2D eigenvalue weighted by atomic mass is 35.5. The first-order chi connectivity index (χ1) is 12.4. The molecule has 0 unspecified atom stereocenters. The fourth-order valence-electron chi connectivity index (χ4n) is 2.65. The van der Waals surface area contributed by atoms with Crippen LogP contribution < -0.4 is 9.75 Å². The quantitative estimate of drug-likeness (QED) is 0.802. The minimum atomic E-state index is -0.214. The van der Waals surface area contributed by atoms with Crippen molar-refractivity contribution in [2.45, 2.75) is 20.8 Å². The molecule has 0 saturated heterocycles. The topological polar surface area (TPSA) is 62.1 Å². The van der Waals surface area contributed by atoms with E-state index in [1.807, 2.05) is 38.1 Å². The van der Waals surface area contributed by atoms with Crippen LogP contribution in [0.4, 0.5) is 5.69 Å². The predicted molar refractivity (Wildman–Crippen MR) is 104 cm³/mol. The lowest BCUT2D eigenvalue weighted by atomic mass is 10.1. The number of amides is 1. The summed E-state index contributed by atoms with van der Waals surface area (Å²) < 4.78 is 5.39. The van der Waals surface area contributed by atoms with Crippen molar-refractivity contribution in [3.05, 3.63) is 58.1 Å². The maximum Gasteiger partial charge on any atom is 0.280 e. The monoisotopic (exact) mass is 370 g/mol. The van der Waals surface area contributed by atoms with Gasteiger partial charge in [-0.2, -0.15) is 10.1 Å². The van der Waals surface area contributed by atoms with Gasteiger partial charge in [0.1, 0.15) is 0 Å². The van der Waals surface area contributed by atoms with Gasteiger partial charge in [0.25, 0.3) is 5.91 Å². The van der Waals surface area contributed by atoms with Crippen LogP contribution in [0.1, 0.15) is 25.0 Å². The highest BCUT2D eigenvalue weighted by Gasteiger charge is 2.28. The zero-order valence-corrected chi connectivity index (χ0v) is 15.5. The number of phenols is 1. The minimum Gasteiger partial charge on any atom is -0.503 e. The average molecular weight is 371 g/mol. The van der Waals surface area contributed by atoms with E-state index in [4.69, 9.17) is 16.3 Å². The predicted octanol–water partition coefficient (Wildman–Crippen LogP) is 4.56. The smallest absolute Gasteiger partial charge is 0.280 e. The summed E-state index contributed by atoms with van der Waals surface area (Å²) in [7, 11) is 0. The van der Waals surface area contributed by atoms with Crippen LogP contribution in [-0.2, 0) is 4.79 Å². The van der Waals surface area contributed by atoms with Gasteiger partial charge in [-0.05, 0) is 56.7 Å². The number of rotatable bonds is 4. The molecule has 1 N–H and O–H groups in total. The minimum absolute atomic E-state index is 0.111.